The molecule has 0 unspecified atom stereocenters. The smallest absolute Gasteiger partial charge is 0.234 e. The van der Waals surface area contributed by atoms with Gasteiger partial charge in [0.25, 0.3) is 0 Å². The van der Waals surface area contributed by atoms with Gasteiger partial charge < -0.3 is 4.74 Å². The number of carbonyl (C=O) groups excluding carboxylic acids is 1. The number of pyridine rings is 2. The molecule has 3 rings (SSSR count). The van der Waals surface area contributed by atoms with Gasteiger partial charge in [0.1, 0.15) is 11.4 Å². The third-order valence-electron chi connectivity index (χ3n) is 3.09. The summed E-state index contributed by atoms with van der Waals surface area (Å²) in [5.41, 5.74) is 0.666. The van der Waals surface area contributed by atoms with E-state index in [0.717, 1.165) is 10.8 Å². The van der Waals surface area contributed by atoms with Gasteiger partial charge in [-0.25, -0.2) is 4.98 Å². The van der Waals surface area contributed by atoms with Crippen LogP contribution in [0.3, 0.4) is 0 Å². The van der Waals surface area contributed by atoms with Crippen LogP contribution in [0.1, 0.15) is 16.2 Å². The van der Waals surface area contributed by atoms with E-state index in [4.69, 9.17) is 4.74 Å². The van der Waals surface area contributed by atoms with E-state index in [0.29, 0.717) is 11.4 Å². The SMILES string of the molecule is COc1cccnc1C(=O)c1nccc2ccccc12. The number of ether oxygens (including phenoxy) is 1. The number of ketones is 1. The molecule has 3 aromatic rings. The molecular weight excluding hydrogens is 252 g/mol. The van der Waals surface area contributed by atoms with Gasteiger partial charge >= 0.3 is 0 Å². The summed E-state index contributed by atoms with van der Waals surface area (Å²) in [6.07, 6.45) is 3.20. The van der Waals surface area contributed by atoms with Crippen molar-refractivity contribution in [2.24, 2.45) is 0 Å². The summed E-state index contributed by atoms with van der Waals surface area (Å²) in [6.45, 7) is 0. The van der Waals surface area contributed by atoms with E-state index in [1.807, 2.05) is 30.3 Å². The fraction of sp³-hybridized carbons (Fsp3) is 0.0625. The van der Waals surface area contributed by atoms with Crippen molar-refractivity contribution in [1.29, 1.82) is 0 Å². The summed E-state index contributed by atoms with van der Waals surface area (Å²) in [5.74, 6) is 0.214. The van der Waals surface area contributed by atoms with E-state index < -0.39 is 0 Å². The lowest BCUT2D eigenvalue weighted by Gasteiger charge is -2.07. The minimum Gasteiger partial charge on any atom is -0.494 e. The van der Waals surface area contributed by atoms with Crippen LogP contribution in [-0.4, -0.2) is 22.9 Å². The van der Waals surface area contributed by atoms with Crippen LogP contribution in [0.25, 0.3) is 10.8 Å². The number of hydrogen-bond acceptors (Lipinski definition) is 4. The zero-order chi connectivity index (χ0) is 13.9. The second-order valence-corrected chi connectivity index (χ2v) is 4.26. The maximum atomic E-state index is 12.6. The van der Waals surface area contributed by atoms with Crippen LogP contribution in [0, 0.1) is 0 Å². The van der Waals surface area contributed by atoms with Crippen molar-refractivity contribution in [3.63, 3.8) is 0 Å². The van der Waals surface area contributed by atoms with Gasteiger partial charge in [-0.15, -0.1) is 0 Å². The van der Waals surface area contributed by atoms with Crippen LogP contribution in [0.4, 0.5) is 0 Å². The number of fused-ring (bicyclic) bond motifs is 1. The molecule has 20 heavy (non-hydrogen) atoms. The van der Waals surface area contributed by atoms with Crippen LogP contribution in [-0.2, 0) is 0 Å². The quantitative estimate of drug-likeness (QED) is 0.682. The predicted molar refractivity (Wildman–Crippen MR) is 76.0 cm³/mol. The first-order chi connectivity index (χ1) is 9.81. The number of rotatable bonds is 3. The first kappa shape index (κ1) is 12.3. The first-order valence-corrected chi connectivity index (χ1v) is 6.18. The zero-order valence-corrected chi connectivity index (χ0v) is 10.9. The molecule has 0 aliphatic rings. The Labute approximate surface area is 116 Å². The van der Waals surface area contributed by atoms with Gasteiger partial charge in [0, 0.05) is 17.8 Å². The Hall–Kier alpha value is -2.75. The zero-order valence-electron chi connectivity index (χ0n) is 10.9. The third kappa shape index (κ3) is 2.01. The van der Waals surface area contributed by atoms with Crippen molar-refractivity contribution in [3.8, 4) is 5.75 Å². The Kier molecular flexibility index (Phi) is 3.13. The number of benzene rings is 1. The highest BCUT2D eigenvalue weighted by Gasteiger charge is 2.19. The van der Waals surface area contributed by atoms with E-state index in [1.165, 1.54) is 7.11 Å². The molecule has 2 heterocycles. The summed E-state index contributed by atoms with van der Waals surface area (Å²) in [5, 5.41) is 1.79. The molecule has 0 radical (unpaired) electrons. The standard InChI is InChI=1S/C16H12N2O2/c1-20-13-7-4-9-17-15(13)16(19)14-12-6-3-2-5-11(12)8-10-18-14/h2-10H,1H3. The molecule has 0 aliphatic carbocycles. The summed E-state index contributed by atoms with van der Waals surface area (Å²) in [6, 6.07) is 13.0. The van der Waals surface area contributed by atoms with E-state index in [1.54, 1.807) is 24.5 Å². The highest BCUT2D eigenvalue weighted by Crippen LogP contribution is 2.22. The third-order valence-corrected chi connectivity index (χ3v) is 3.09. The molecule has 0 spiro atoms. The summed E-state index contributed by atoms with van der Waals surface area (Å²) in [7, 11) is 1.52. The Balaban J connectivity index is 2.18. The molecule has 2 aromatic heterocycles. The van der Waals surface area contributed by atoms with Gasteiger partial charge in [0.05, 0.1) is 7.11 Å². The lowest BCUT2D eigenvalue weighted by atomic mass is 10.1. The Morgan fingerprint density at radius 3 is 2.60 bits per heavy atom. The molecular formula is C16H12N2O2. The molecule has 4 nitrogen and oxygen atoms in total. The molecule has 0 aliphatic heterocycles. The average molecular weight is 264 g/mol. The number of hydrogen-bond donors (Lipinski definition) is 0. The lowest BCUT2D eigenvalue weighted by Crippen LogP contribution is -2.08. The van der Waals surface area contributed by atoms with Crippen LogP contribution < -0.4 is 4.74 Å². The van der Waals surface area contributed by atoms with Crippen LogP contribution in [0.2, 0.25) is 0 Å². The molecule has 1 aromatic carbocycles. The average Bonchev–Trinajstić information content (AvgIpc) is 2.53. The van der Waals surface area contributed by atoms with Gasteiger partial charge in [-0.05, 0) is 23.6 Å². The highest BCUT2D eigenvalue weighted by atomic mass is 16.5. The van der Waals surface area contributed by atoms with Crippen LogP contribution in [0.15, 0.2) is 54.9 Å². The van der Waals surface area contributed by atoms with Gasteiger partial charge in [0.15, 0.2) is 5.69 Å². The summed E-state index contributed by atoms with van der Waals surface area (Å²) >= 11 is 0. The molecule has 0 atom stereocenters. The topological polar surface area (TPSA) is 52.1 Å². The molecule has 0 bridgehead atoms. The minimum absolute atomic E-state index is 0.237. The van der Waals surface area contributed by atoms with Crippen molar-refractivity contribution < 1.29 is 9.53 Å². The maximum absolute atomic E-state index is 12.6. The highest BCUT2D eigenvalue weighted by molar-refractivity contribution is 6.15. The maximum Gasteiger partial charge on any atom is 0.234 e. The molecule has 98 valence electrons. The van der Waals surface area contributed by atoms with E-state index >= 15 is 0 Å². The van der Waals surface area contributed by atoms with Gasteiger partial charge in [-0.3, -0.25) is 9.78 Å². The van der Waals surface area contributed by atoms with Crippen LogP contribution in [0.5, 0.6) is 5.75 Å². The fourth-order valence-electron chi connectivity index (χ4n) is 2.14. The number of nitrogens with zero attached hydrogens (tertiary/aromatic N) is 2. The van der Waals surface area contributed by atoms with Gasteiger partial charge in [-0.1, -0.05) is 24.3 Å². The molecule has 4 heteroatoms. The van der Waals surface area contributed by atoms with E-state index in [9.17, 15) is 4.79 Å². The number of methoxy groups -OCH3 is 1. The van der Waals surface area contributed by atoms with Crippen molar-refractivity contribution in [2.75, 3.05) is 7.11 Å². The monoisotopic (exact) mass is 264 g/mol. The number of aromatic nitrogens is 2. The molecule has 0 amide bonds. The van der Waals surface area contributed by atoms with Gasteiger partial charge in [-0.2, -0.15) is 0 Å². The second-order valence-electron chi connectivity index (χ2n) is 4.26. The first-order valence-electron chi connectivity index (χ1n) is 6.18. The molecule has 0 saturated heterocycles. The van der Waals surface area contributed by atoms with Gasteiger partial charge in [0.2, 0.25) is 5.78 Å². The van der Waals surface area contributed by atoms with Crippen molar-refractivity contribution in [1.82, 2.24) is 9.97 Å². The molecule has 0 fully saturated rings. The fourth-order valence-corrected chi connectivity index (χ4v) is 2.14. The number of carbonyl (C=O) groups is 1. The Morgan fingerprint density at radius 2 is 1.75 bits per heavy atom. The van der Waals surface area contributed by atoms with E-state index in [-0.39, 0.29) is 11.5 Å². The van der Waals surface area contributed by atoms with Crippen LogP contribution >= 0.6 is 0 Å². The summed E-state index contributed by atoms with van der Waals surface area (Å²) in [4.78, 5) is 21.0. The van der Waals surface area contributed by atoms with E-state index in [2.05, 4.69) is 9.97 Å². The Morgan fingerprint density at radius 1 is 0.950 bits per heavy atom. The minimum atomic E-state index is -0.237. The normalized spacial score (nSPS) is 10.4. The lowest BCUT2D eigenvalue weighted by molar-refractivity contribution is 0.102. The summed E-state index contributed by atoms with van der Waals surface area (Å²) < 4.78 is 5.19. The predicted octanol–water partition coefficient (Wildman–Crippen LogP) is 2.87. The molecule has 0 N–H and O–H groups in total. The second kappa shape index (κ2) is 5.09. The molecule has 0 saturated carbocycles. The Bertz CT molecular complexity index is 779. The van der Waals surface area contributed by atoms with Crippen molar-refractivity contribution >= 4 is 16.6 Å². The largest absolute Gasteiger partial charge is 0.494 e. The van der Waals surface area contributed by atoms with Crippen molar-refractivity contribution in [2.45, 2.75) is 0 Å². The van der Waals surface area contributed by atoms with Crippen molar-refractivity contribution in [3.05, 3.63) is 66.2 Å².